The summed E-state index contributed by atoms with van der Waals surface area (Å²) in [6, 6.07) is 13.3. The molecule has 1 aliphatic rings. The molecule has 2 aromatic carbocycles. The third-order valence-corrected chi connectivity index (χ3v) is 4.16. The highest BCUT2D eigenvalue weighted by molar-refractivity contribution is 5.95. The number of ether oxygens (including phenoxy) is 3. The van der Waals surface area contributed by atoms with Crippen LogP contribution in [0.15, 0.2) is 48.5 Å². The summed E-state index contributed by atoms with van der Waals surface area (Å²) in [6.07, 6.45) is -0.378. The highest BCUT2D eigenvalue weighted by Gasteiger charge is 2.23. The topological polar surface area (TPSA) is 57.7 Å². The number of para-hydroxylation sites is 2. The summed E-state index contributed by atoms with van der Waals surface area (Å²) in [6.45, 7) is 2.06. The molecule has 1 unspecified atom stereocenters. The maximum Gasteiger partial charge on any atom is 0.340 e. The number of hydrogen-bond donors (Lipinski definition) is 0. The minimum Gasteiger partial charge on any atom is -0.486 e. The van der Waals surface area contributed by atoms with E-state index in [1.54, 1.807) is 25.1 Å². The highest BCUT2D eigenvalue weighted by Crippen LogP contribution is 2.31. The molecule has 0 fully saturated rings. The van der Waals surface area contributed by atoms with Gasteiger partial charge in [-0.2, -0.15) is 0 Å². The van der Waals surface area contributed by atoms with E-state index in [1.807, 2.05) is 18.2 Å². The van der Waals surface area contributed by atoms with Crippen molar-refractivity contribution >= 4 is 16.9 Å². The molecule has 1 aromatic heterocycles. The van der Waals surface area contributed by atoms with Gasteiger partial charge in [-0.15, -0.1) is 0 Å². The Hall–Kier alpha value is -3.15. The van der Waals surface area contributed by atoms with Crippen LogP contribution in [0.25, 0.3) is 10.9 Å². The fourth-order valence-corrected chi connectivity index (χ4v) is 2.83. The van der Waals surface area contributed by atoms with Crippen molar-refractivity contribution in [3.05, 3.63) is 65.6 Å². The van der Waals surface area contributed by atoms with Crippen LogP contribution in [0.4, 0.5) is 4.39 Å². The zero-order valence-electron chi connectivity index (χ0n) is 14.1. The Morgan fingerprint density at radius 1 is 1.23 bits per heavy atom. The molecule has 4 rings (SSSR count). The molecular weight excluding hydrogens is 337 g/mol. The third-order valence-electron chi connectivity index (χ3n) is 4.16. The largest absolute Gasteiger partial charge is 0.486 e. The summed E-state index contributed by atoms with van der Waals surface area (Å²) in [5.41, 5.74) is 1.33. The Morgan fingerprint density at radius 3 is 2.88 bits per heavy atom. The third kappa shape index (κ3) is 3.18. The van der Waals surface area contributed by atoms with Crippen LogP contribution in [0.5, 0.6) is 11.5 Å². The fraction of sp³-hybridized carbons (Fsp3) is 0.200. The molecule has 0 saturated carbocycles. The van der Waals surface area contributed by atoms with Gasteiger partial charge in [0.1, 0.15) is 19.0 Å². The SMILES string of the molecule is Cc1nc2cc(F)ccc2cc1C(=O)OCC1COc2ccccc2O1. The average Bonchev–Trinajstić information content (AvgIpc) is 2.65. The van der Waals surface area contributed by atoms with Gasteiger partial charge in [-0.05, 0) is 37.3 Å². The van der Waals surface area contributed by atoms with E-state index >= 15 is 0 Å². The van der Waals surface area contributed by atoms with E-state index in [0.29, 0.717) is 40.3 Å². The minimum absolute atomic E-state index is 0.0636. The first kappa shape index (κ1) is 16.3. The Bertz CT molecular complexity index is 989. The second kappa shape index (κ2) is 6.63. The molecule has 0 N–H and O–H groups in total. The van der Waals surface area contributed by atoms with Crippen molar-refractivity contribution < 1.29 is 23.4 Å². The lowest BCUT2D eigenvalue weighted by Crippen LogP contribution is -2.34. The van der Waals surface area contributed by atoms with Gasteiger partial charge in [0.15, 0.2) is 17.6 Å². The van der Waals surface area contributed by atoms with Crippen LogP contribution < -0.4 is 9.47 Å². The number of aromatic nitrogens is 1. The van der Waals surface area contributed by atoms with Crippen molar-refractivity contribution in [1.82, 2.24) is 4.98 Å². The van der Waals surface area contributed by atoms with Crippen LogP contribution in [0.3, 0.4) is 0 Å². The van der Waals surface area contributed by atoms with Crippen LogP contribution in [0.1, 0.15) is 16.1 Å². The van der Waals surface area contributed by atoms with Crippen molar-refractivity contribution in [2.24, 2.45) is 0 Å². The van der Waals surface area contributed by atoms with E-state index in [1.165, 1.54) is 12.1 Å². The standard InChI is InChI=1S/C20H16FNO4/c1-12-16(8-13-6-7-14(21)9-17(13)22-12)20(23)25-11-15-10-24-18-4-2-3-5-19(18)26-15/h2-9,15H,10-11H2,1H3. The summed E-state index contributed by atoms with van der Waals surface area (Å²) in [4.78, 5) is 16.7. The zero-order valence-corrected chi connectivity index (χ0v) is 14.1. The summed E-state index contributed by atoms with van der Waals surface area (Å²) in [7, 11) is 0. The number of pyridine rings is 1. The van der Waals surface area contributed by atoms with Crippen molar-refractivity contribution in [2.75, 3.05) is 13.2 Å². The van der Waals surface area contributed by atoms with E-state index in [4.69, 9.17) is 14.2 Å². The summed E-state index contributed by atoms with van der Waals surface area (Å²) in [5.74, 6) is 0.445. The number of nitrogens with zero attached hydrogens (tertiary/aromatic N) is 1. The predicted molar refractivity (Wildman–Crippen MR) is 93.1 cm³/mol. The molecule has 1 aliphatic heterocycles. The molecule has 1 atom stereocenters. The van der Waals surface area contributed by atoms with Gasteiger partial charge in [-0.25, -0.2) is 9.18 Å². The van der Waals surface area contributed by atoms with E-state index < -0.39 is 5.97 Å². The molecular formula is C20H16FNO4. The van der Waals surface area contributed by atoms with Crippen LogP contribution in [-0.2, 0) is 4.74 Å². The van der Waals surface area contributed by atoms with E-state index in [0.717, 1.165) is 0 Å². The molecule has 5 nitrogen and oxygen atoms in total. The van der Waals surface area contributed by atoms with Crippen LogP contribution in [0, 0.1) is 12.7 Å². The molecule has 132 valence electrons. The Balaban J connectivity index is 1.46. The number of aryl methyl sites for hydroxylation is 1. The molecule has 3 aromatic rings. The number of benzene rings is 2. The number of halogens is 1. The number of carbonyl (C=O) groups is 1. The molecule has 2 heterocycles. The minimum atomic E-state index is -0.497. The molecule has 0 amide bonds. The van der Waals surface area contributed by atoms with Crippen LogP contribution >= 0.6 is 0 Å². The number of fused-ring (bicyclic) bond motifs is 2. The summed E-state index contributed by atoms with van der Waals surface area (Å²) in [5, 5.41) is 0.676. The predicted octanol–water partition coefficient (Wildman–Crippen LogP) is 3.68. The highest BCUT2D eigenvalue weighted by atomic mass is 19.1. The molecule has 0 saturated heterocycles. The molecule has 0 aliphatic carbocycles. The lowest BCUT2D eigenvalue weighted by molar-refractivity contribution is 0.0109. The first-order valence-corrected chi connectivity index (χ1v) is 8.22. The second-order valence-electron chi connectivity index (χ2n) is 6.05. The fourth-order valence-electron chi connectivity index (χ4n) is 2.83. The second-order valence-corrected chi connectivity index (χ2v) is 6.05. The van der Waals surface area contributed by atoms with Gasteiger partial charge < -0.3 is 14.2 Å². The van der Waals surface area contributed by atoms with Crippen LogP contribution in [0.2, 0.25) is 0 Å². The monoisotopic (exact) mass is 353 g/mol. The molecule has 26 heavy (non-hydrogen) atoms. The molecule has 0 bridgehead atoms. The van der Waals surface area contributed by atoms with Gasteiger partial charge in [0.05, 0.1) is 16.8 Å². The quantitative estimate of drug-likeness (QED) is 0.673. The maximum absolute atomic E-state index is 13.3. The molecule has 0 radical (unpaired) electrons. The van der Waals surface area contributed by atoms with Gasteiger partial charge in [-0.1, -0.05) is 12.1 Å². The van der Waals surface area contributed by atoms with E-state index in [2.05, 4.69) is 4.98 Å². The number of esters is 1. The maximum atomic E-state index is 13.3. The Morgan fingerprint density at radius 2 is 2.04 bits per heavy atom. The van der Waals surface area contributed by atoms with Gasteiger partial charge >= 0.3 is 5.97 Å². The van der Waals surface area contributed by atoms with Gasteiger partial charge in [0.25, 0.3) is 0 Å². The van der Waals surface area contributed by atoms with Crippen LogP contribution in [-0.4, -0.2) is 30.3 Å². The first-order valence-electron chi connectivity index (χ1n) is 8.22. The van der Waals surface area contributed by atoms with Gasteiger partial charge in [-0.3, -0.25) is 4.98 Å². The zero-order chi connectivity index (χ0) is 18.1. The molecule has 0 spiro atoms. The lowest BCUT2D eigenvalue weighted by atomic mass is 10.1. The van der Waals surface area contributed by atoms with Crippen molar-refractivity contribution in [2.45, 2.75) is 13.0 Å². The van der Waals surface area contributed by atoms with Gasteiger partial charge in [0.2, 0.25) is 0 Å². The number of carbonyl (C=O) groups excluding carboxylic acids is 1. The van der Waals surface area contributed by atoms with Crippen molar-refractivity contribution in [1.29, 1.82) is 0 Å². The first-order chi connectivity index (χ1) is 12.6. The number of hydrogen-bond acceptors (Lipinski definition) is 5. The summed E-state index contributed by atoms with van der Waals surface area (Å²) >= 11 is 0. The van der Waals surface area contributed by atoms with E-state index in [-0.39, 0.29) is 18.5 Å². The smallest absolute Gasteiger partial charge is 0.340 e. The van der Waals surface area contributed by atoms with Gasteiger partial charge in [0, 0.05) is 11.5 Å². The Labute approximate surface area is 149 Å². The normalized spacial score (nSPS) is 15.7. The molecule has 6 heteroatoms. The summed E-state index contributed by atoms with van der Waals surface area (Å²) < 4.78 is 30.1. The average molecular weight is 353 g/mol. The van der Waals surface area contributed by atoms with Crippen molar-refractivity contribution in [3.8, 4) is 11.5 Å². The number of rotatable bonds is 3. The Kier molecular flexibility index (Phi) is 4.16. The lowest BCUT2D eigenvalue weighted by Gasteiger charge is -2.26. The van der Waals surface area contributed by atoms with Crippen molar-refractivity contribution in [3.63, 3.8) is 0 Å². The van der Waals surface area contributed by atoms with E-state index in [9.17, 15) is 9.18 Å².